The average Bonchev–Trinajstić information content (AvgIpc) is 2.95. The van der Waals surface area contributed by atoms with Crippen molar-refractivity contribution in [3.05, 3.63) is 42.5 Å². The number of aryl methyl sites for hydroxylation is 1. The number of anilines is 1. The van der Waals surface area contributed by atoms with Crippen LogP contribution in [-0.2, 0) is 13.0 Å². The second-order valence-corrected chi connectivity index (χ2v) is 5.09. The van der Waals surface area contributed by atoms with Crippen molar-refractivity contribution in [2.45, 2.75) is 19.4 Å². The first kappa shape index (κ1) is 13.5. The van der Waals surface area contributed by atoms with Crippen LogP contribution >= 0.6 is 0 Å². The molecule has 1 aliphatic heterocycles. The fraction of sp³-hybridized carbons (Fsp3) is 0.357. The molecule has 3 heterocycles. The molecule has 3 rings (SSSR count). The third-order valence-electron chi connectivity index (χ3n) is 3.60. The number of urea groups is 1. The SMILES string of the molecule is O=C(NCC1CCc2nccn2C1)Nc1ccncc1F. The van der Waals surface area contributed by atoms with Gasteiger partial charge in [-0.3, -0.25) is 4.98 Å². The summed E-state index contributed by atoms with van der Waals surface area (Å²) in [6, 6.07) is 1.02. The number of nitrogens with zero attached hydrogens (tertiary/aromatic N) is 3. The van der Waals surface area contributed by atoms with Crippen molar-refractivity contribution in [1.29, 1.82) is 0 Å². The number of carbonyl (C=O) groups excluding carboxylic acids is 1. The molecule has 0 bridgehead atoms. The van der Waals surface area contributed by atoms with Crippen molar-refractivity contribution in [2.75, 3.05) is 11.9 Å². The monoisotopic (exact) mass is 289 g/mol. The molecule has 21 heavy (non-hydrogen) atoms. The van der Waals surface area contributed by atoms with E-state index in [0.717, 1.165) is 31.4 Å². The molecule has 110 valence electrons. The maximum atomic E-state index is 13.4. The number of rotatable bonds is 3. The Hall–Kier alpha value is -2.44. The van der Waals surface area contributed by atoms with Gasteiger partial charge in [0, 0.05) is 38.1 Å². The highest BCUT2D eigenvalue weighted by Gasteiger charge is 2.19. The Morgan fingerprint density at radius 1 is 1.48 bits per heavy atom. The van der Waals surface area contributed by atoms with E-state index in [1.54, 1.807) is 6.20 Å². The predicted molar refractivity (Wildman–Crippen MR) is 75.3 cm³/mol. The third kappa shape index (κ3) is 3.18. The molecule has 1 atom stereocenters. The molecule has 2 aromatic rings. The first-order chi connectivity index (χ1) is 10.2. The summed E-state index contributed by atoms with van der Waals surface area (Å²) in [5.74, 6) is 0.905. The van der Waals surface area contributed by atoms with Gasteiger partial charge in [-0.1, -0.05) is 0 Å². The van der Waals surface area contributed by atoms with E-state index in [4.69, 9.17) is 0 Å². The Morgan fingerprint density at radius 2 is 2.38 bits per heavy atom. The summed E-state index contributed by atoms with van der Waals surface area (Å²) in [6.07, 6.45) is 8.15. The van der Waals surface area contributed by atoms with Gasteiger partial charge in [0.15, 0.2) is 5.82 Å². The molecule has 1 unspecified atom stereocenters. The number of amides is 2. The van der Waals surface area contributed by atoms with Crippen LogP contribution in [0.25, 0.3) is 0 Å². The van der Waals surface area contributed by atoms with Crippen LogP contribution in [0, 0.1) is 11.7 Å². The van der Waals surface area contributed by atoms with Crippen molar-refractivity contribution >= 4 is 11.7 Å². The Kier molecular flexibility index (Phi) is 3.81. The zero-order valence-electron chi connectivity index (χ0n) is 11.4. The van der Waals surface area contributed by atoms with Gasteiger partial charge in [0.25, 0.3) is 0 Å². The molecular weight excluding hydrogens is 273 g/mol. The number of carbonyl (C=O) groups is 1. The van der Waals surface area contributed by atoms with Crippen LogP contribution < -0.4 is 10.6 Å². The number of fused-ring (bicyclic) bond motifs is 1. The molecule has 0 saturated carbocycles. The first-order valence-corrected chi connectivity index (χ1v) is 6.87. The molecule has 0 radical (unpaired) electrons. The van der Waals surface area contributed by atoms with E-state index in [-0.39, 0.29) is 5.69 Å². The highest BCUT2D eigenvalue weighted by Crippen LogP contribution is 2.18. The molecule has 7 heteroatoms. The van der Waals surface area contributed by atoms with Gasteiger partial charge >= 0.3 is 6.03 Å². The van der Waals surface area contributed by atoms with E-state index in [0.29, 0.717) is 12.5 Å². The number of halogens is 1. The van der Waals surface area contributed by atoms with Crippen molar-refractivity contribution in [3.8, 4) is 0 Å². The summed E-state index contributed by atoms with van der Waals surface area (Å²) in [7, 11) is 0. The molecule has 6 nitrogen and oxygen atoms in total. The summed E-state index contributed by atoms with van der Waals surface area (Å²) in [5, 5.41) is 5.26. The molecule has 0 aliphatic carbocycles. The molecule has 0 spiro atoms. The number of hydrogen-bond donors (Lipinski definition) is 2. The predicted octanol–water partition coefficient (Wildman–Crippen LogP) is 1.80. The van der Waals surface area contributed by atoms with Crippen LogP contribution in [-0.4, -0.2) is 27.1 Å². The lowest BCUT2D eigenvalue weighted by molar-refractivity contribution is 0.247. The van der Waals surface area contributed by atoms with Crippen molar-refractivity contribution in [2.24, 2.45) is 5.92 Å². The van der Waals surface area contributed by atoms with Crippen LogP contribution in [0.4, 0.5) is 14.9 Å². The van der Waals surface area contributed by atoms with Gasteiger partial charge < -0.3 is 15.2 Å². The second kappa shape index (κ2) is 5.90. The number of nitrogens with one attached hydrogen (secondary N) is 2. The normalized spacial score (nSPS) is 17.1. The van der Waals surface area contributed by atoms with E-state index in [1.807, 2.05) is 6.20 Å². The highest BCUT2D eigenvalue weighted by atomic mass is 19.1. The Bertz CT molecular complexity index is 642. The van der Waals surface area contributed by atoms with Crippen LogP contribution in [0.2, 0.25) is 0 Å². The summed E-state index contributed by atoms with van der Waals surface area (Å²) in [4.78, 5) is 19.7. The minimum atomic E-state index is -0.548. The van der Waals surface area contributed by atoms with E-state index >= 15 is 0 Å². The fourth-order valence-electron chi connectivity index (χ4n) is 2.48. The minimum Gasteiger partial charge on any atom is -0.338 e. The molecule has 2 aromatic heterocycles. The number of imidazole rings is 1. The summed E-state index contributed by atoms with van der Waals surface area (Å²) in [6.45, 7) is 1.40. The minimum absolute atomic E-state index is 0.128. The van der Waals surface area contributed by atoms with Gasteiger partial charge in [-0.05, 0) is 18.4 Å². The molecule has 2 amide bonds. The van der Waals surface area contributed by atoms with Crippen LogP contribution in [0.1, 0.15) is 12.2 Å². The van der Waals surface area contributed by atoms with Crippen molar-refractivity contribution < 1.29 is 9.18 Å². The molecule has 2 N–H and O–H groups in total. The maximum Gasteiger partial charge on any atom is 0.319 e. The van der Waals surface area contributed by atoms with Gasteiger partial charge in [0.05, 0.1) is 11.9 Å². The highest BCUT2D eigenvalue weighted by molar-refractivity contribution is 5.89. The molecular formula is C14H16FN5O. The lowest BCUT2D eigenvalue weighted by Crippen LogP contribution is -2.36. The van der Waals surface area contributed by atoms with Crippen LogP contribution in [0.3, 0.4) is 0 Å². The smallest absolute Gasteiger partial charge is 0.319 e. The van der Waals surface area contributed by atoms with Crippen LogP contribution in [0.5, 0.6) is 0 Å². The summed E-state index contributed by atoms with van der Waals surface area (Å²) in [5.41, 5.74) is 0.128. The maximum absolute atomic E-state index is 13.4. The van der Waals surface area contributed by atoms with E-state index in [9.17, 15) is 9.18 Å². The van der Waals surface area contributed by atoms with E-state index < -0.39 is 11.8 Å². The third-order valence-corrected chi connectivity index (χ3v) is 3.60. The van der Waals surface area contributed by atoms with Gasteiger partial charge in [-0.25, -0.2) is 14.2 Å². The largest absolute Gasteiger partial charge is 0.338 e. The van der Waals surface area contributed by atoms with Crippen molar-refractivity contribution in [3.63, 3.8) is 0 Å². The first-order valence-electron chi connectivity index (χ1n) is 6.87. The average molecular weight is 289 g/mol. The van der Waals surface area contributed by atoms with E-state index in [2.05, 4.69) is 25.2 Å². The quantitative estimate of drug-likeness (QED) is 0.905. The topological polar surface area (TPSA) is 71.8 Å². The Labute approximate surface area is 121 Å². The molecule has 0 saturated heterocycles. The lowest BCUT2D eigenvalue weighted by atomic mass is 9.99. The van der Waals surface area contributed by atoms with Crippen LogP contribution in [0.15, 0.2) is 30.9 Å². The molecule has 0 fully saturated rings. The zero-order chi connectivity index (χ0) is 14.7. The zero-order valence-corrected chi connectivity index (χ0v) is 11.4. The van der Waals surface area contributed by atoms with Gasteiger partial charge in [-0.2, -0.15) is 0 Å². The molecule has 0 aromatic carbocycles. The number of pyridine rings is 1. The molecule has 1 aliphatic rings. The second-order valence-electron chi connectivity index (χ2n) is 5.09. The van der Waals surface area contributed by atoms with Gasteiger partial charge in [0.1, 0.15) is 5.82 Å². The van der Waals surface area contributed by atoms with Gasteiger partial charge in [-0.15, -0.1) is 0 Å². The Morgan fingerprint density at radius 3 is 3.24 bits per heavy atom. The Balaban J connectivity index is 1.50. The number of aromatic nitrogens is 3. The van der Waals surface area contributed by atoms with Crippen molar-refractivity contribution in [1.82, 2.24) is 19.9 Å². The number of hydrogen-bond acceptors (Lipinski definition) is 3. The van der Waals surface area contributed by atoms with E-state index in [1.165, 1.54) is 12.3 Å². The summed E-state index contributed by atoms with van der Waals surface area (Å²) < 4.78 is 15.5. The fourth-order valence-corrected chi connectivity index (χ4v) is 2.48. The van der Waals surface area contributed by atoms with Gasteiger partial charge in [0.2, 0.25) is 0 Å². The lowest BCUT2D eigenvalue weighted by Gasteiger charge is -2.24. The standard InChI is InChI=1S/C14H16FN5O/c15-11-8-16-4-3-12(11)19-14(21)18-7-10-1-2-13-17-5-6-20(13)9-10/h3-6,8,10H,1-2,7,9H2,(H2,16,18,19,21). The summed E-state index contributed by atoms with van der Waals surface area (Å²) >= 11 is 0.